The Morgan fingerprint density at radius 2 is 1.13 bits per heavy atom. The van der Waals surface area contributed by atoms with Crippen LogP contribution in [0.2, 0.25) is 0 Å². The summed E-state index contributed by atoms with van der Waals surface area (Å²) in [4.78, 5) is 34.8. The highest BCUT2D eigenvalue weighted by Crippen LogP contribution is 2.43. The highest BCUT2D eigenvalue weighted by atomic mass is 31.2. The van der Waals surface area contributed by atoms with Crippen molar-refractivity contribution in [3.63, 3.8) is 0 Å². The number of rotatable bonds is 35. The highest BCUT2D eigenvalue weighted by molar-refractivity contribution is 7.47. The molecule has 0 bridgehead atoms. The number of carbonyl (C=O) groups excluding carboxylic acids is 2. The quantitative estimate of drug-likeness (QED) is 0.0187. The summed E-state index contributed by atoms with van der Waals surface area (Å²) >= 11 is 0. The average molecular weight is 765 g/mol. The minimum Gasteiger partial charge on any atom is -0.462 e. The van der Waals surface area contributed by atoms with E-state index < -0.39 is 51.8 Å². The van der Waals surface area contributed by atoms with Crippen LogP contribution in [-0.4, -0.2) is 65.7 Å². The van der Waals surface area contributed by atoms with E-state index in [1.807, 2.05) is 42.5 Å². The first kappa shape index (κ1) is 50.1. The third-order valence-corrected chi connectivity index (χ3v) is 8.58. The topological polar surface area (TPSA) is 149 Å². The summed E-state index contributed by atoms with van der Waals surface area (Å²) < 4.78 is 32.5. The van der Waals surface area contributed by atoms with Gasteiger partial charge in [0.1, 0.15) is 12.7 Å². The van der Waals surface area contributed by atoms with Gasteiger partial charge in [-0.2, -0.15) is 0 Å². The lowest BCUT2D eigenvalue weighted by Crippen LogP contribution is -2.29. The zero-order valence-electron chi connectivity index (χ0n) is 32.4. The van der Waals surface area contributed by atoms with Crippen molar-refractivity contribution in [3.05, 3.63) is 85.1 Å². The van der Waals surface area contributed by atoms with Crippen molar-refractivity contribution in [3.8, 4) is 0 Å². The summed E-state index contributed by atoms with van der Waals surface area (Å²) in [6.45, 7) is 2.09. The van der Waals surface area contributed by atoms with Crippen LogP contribution in [0.4, 0.5) is 0 Å². The van der Waals surface area contributed by atoms with Crippen LogP contribution >= 0.6 is 7.82 Å². The lowest BCUT2D eigenvalue weighted by Gasteiger charge is -2.20. The van der Waals surface area contributed by atoms with Gasteiger partial charge < -0.3 is 24.6 Å². The van der Waals surface area contributed by atoms with Gasteiger partial charge in [0.25, 0.3) is 0 Å². The number of allylic oxidation sites excluding steroid dienone is 14. The Bertz CT molecular complexity index is 1150. The predicted molar refractivity (Wildman–Crippen MR) is 214 cm³/mol. The lowest BCUT2D eigenvalue weighted by molar-refractivity contribution is -0.161. The summed E-state index contributed by atoms with van der Waals surface area (Å²) in [7, 11) is -4.64. The first-order valence-corrected chi connectivity index (χ1v) is 21.1. The van der Waals surface area contributed by atoms with Crippen molar-refractivity contribution < 1.29 is 47.8 Å². The van der Waals surface area contributed by atoms with Crippen molar-refractivity contribution in [1.29, 1.82) is 0 Å². The highest BCUT2D eigenvalue weighted by Gasteiger charge is 2.27. The van der Waals surface area contributed by atoms with Crippen LogP contribution in [0, 0.1) is 0 Å². The molecule has 11 heteroatoms. The Morgan fingerprint density at radius 3 is 1.79 bits per heavy atom. The number of aliphatic hydroxyl groups is 2. The second-order valence-corrected chi connectivity index (χ2v) is 14.1. The molecule has 10 nitrogen and oxygen atoms in total. The second-order valence-electron chi connectivity index (χ2n) is 12.7. The van der Waals surface area contributed by atoms with Crippen LogP contribution in [0.1, 0.15) is 129 Å². The number of phosphoric acid groups is 1. The molecule has 0 radical (unpaired) electrons. The van der Waals surface area contributed by atoms with E-state index in [0.717, 1.165) is 44.9 Å². The Morgan fingerprint density at radius 1 is 0.604 bits per heavy atom. The fourth-order valence-electron chi connectivity index (χ4n) is 4.61. The summed E-state index contributed by atoms with van der Waals surface area (Å²) in [5.41, 5.74) is 0. The third-order valence-electron chi connectivity index (χ3n) is 7.63. The first-order valence-electron chi connectivity index (χ1n) is 19.6. The molecule has 0 aromatic rings. The molecule has 0 aliphatic rings. The van der Waals surface area contributed by atoms with E-state index in [4.69, 9.17) is 19.1 Å². The van der Waals surface area contributed by atoms with E-state index >= 15 is 0 Å². The van der Waals surface area contributed by atoms with Crippen LogP contribution in [-0.2, 0) is 32.7 Å². The standard InChI is InChI=1S/C42H69O10P/c1-3-5-7-9-11-13-15-17-18-19-20-22-23-25-27-29-31-33-41(45)49-37-40(38-51-53(47,48)50-36-39(44)35-43)52-42(46)34-32-30-28-26-24-21-16-14-12-10-8-6-4-2/h6,8,10,12,14,16-18,20-22,24-25,27,39-40,43-44H,3-5,7,9,11,13,15,19,23,26,28-38H2,1-2H3,(H,47,48)/b8-6+,12-10+,16-14+,18-17+,22-20+,24-21+,27-25+/t39-,40?/m0/s1. The van der Waals surface area contributed by atoms with Gasteiger partial charge >= 0.3 is 19.8 Å². The van der Waals surface area contributed by atoms with E-state index in [0.29, 0.717) is 19.3 Å². The van der Waals surface area contributed by atoms with Gasteiger partial charge in [0.2, 0.25) is 0 Å². The molecule has 0 amide bonds. The van der Waals surface area contributed by atoms with Gasteiger partial charge in [-0.3, -0.25) is 18.6 Å². The molecule has 3 atom stereocenters. The van der Waals surface area contributed by atoms with Crippen molar-refractivity contribution >= 4 is 19.8 Å². The molecule has 2 unspecified atom stereocenters. The minimum absolute atomic E-state index is 0.123. The number of hydrogen-bond acceptors (Lipinski definition) is 9. The van der Waals surface area contributed by atoms with Gasteiger partial charge in [0.15, 0.2) is 6.10 Å². The first-order chi connectivity index (χ1) is 25.7. The van der Waals surface area contributed by atoms with Crippen molar-refractivity contribution in [2.75, 3.05) is 26.4 Å². The summed E-state index contributed by atoms with van der Waals surface area (Å²) in [6, 6.07) is 0. The maximum absolute atomic E-state index is 12.5. The van der Waals surface area contributed by atoms with Gasteiger partial charge in [0.05, 0.1) is 19.8 Å². The Kier molecular flexibility index (Phi) is 35.5. The molecule has 0 fully saturated rings. The van der Waals surface area contributed by atoms with E-state index in [-0.39, 0.29) is 19.4 Å². The minimum atomic E-state index is -4.64. The fourth-order valence-corrected chi connectivity index (χ4v) is 5.40. The number of hydrogen-bond donors (Lipinski definition) is 3. The number of phosphoric ester groups is 1. The SMILES string of the molecule is CC/C=C/C=C/C=C/C=C/CCCCCC(=O)OC(COC(=O)CCC/C=C/C/C=C/C/C=C/CCCCCCCC)COP(=O)(O)OC[C@@H](O)CO. The molecule has 0 aromatic heterocycles. The molecule has 0 rings (SSSR count). The molecule has 302 valence electrons. The van der Waals surface area contributed by atoms with E-state index in [1.54, 1.807) is 0 Å². The van der Waals surface area contributed by atoms with E-state index in [9.17, 15) is 24.2 Å². The molecule has 3 N–H and O–H groups in total. The Hall–Kier alpha value is -2.85. The smallest absolute Gasteiger partial charge is 0.462 e. The lowest BCUT2D eigenvalue weighted by atomic mass is 10.1. The number of unbranched alkanes of at least 4 members (excludes halogenated alkanes) is 10. The Labute approximate surface area is 320 Å². The molecule has 53 heavy (non-hydrogen) atoms. The molecular formula is C42H69O10P. The molecule has 0 saturated carbocycles. The summed E-state index contributed by atoms with van der Waals surface area (Å²) in [5.74, 6) is -1.04. The zero-order valence-corrected chi connectivity index (χ0v) is 33.3. The van der Waals surface area contributed by atoms with Crippen LogP contribution < -0.4 is 0 Å². The largest absolute Gasteiger partial charge is 0.472 e. The van der Waals surface area contributed by atoms with E-state index in [1.165, 1.54) is 38.5 Å². The molecule has 0 heterocycles. The Balaban J connectivity index is 4.51. The third kappa shape index (κ3) is 37.3. The predicted octanol–water partition coefficient (Wildman–Crippen LogP) is 9.88. The maximum Gasteiger partial charge on any atom is 0.472 e. The number of esters is 2. The van der Waals surface area contributed by atoms with Crippen LogP contribution in [0.3, 0.4) is 0 Å². The van der Waals surface area contributed by atoms with Crippen LogP contribution in [0.5, 0.6) is 0 Å². The normalized spacial score (nSPS) is 14.9. The van der Waals surface area contributed by atoms with Crippen LogP contribution in [0.25, 0.3) is 0 Å². The molecule has 0 aliphatic heterocycles. The van der Waals surface area contributed by atoms with Gasteiger partial charge in [-0.25, -0.2) is 4.57 Å². The van der Waals surface area contributed by atoms with E-state index in [2.05, 4.69) is 60.9 Å². The fraction of sp³-hybridized carbons (Fsp3) is 0.619. The van der Waals surface area contributed by atoms with Gasteiger partial charge in [-0.15, -0.1) is 0 Å². The maximum atomic E-state index is 12.5. The zero-order chi connectivity index (χ0) is 39.1. The van der Waals surface area contributed by atoms with Crippen molar-refractivity contribution in [2.24, 2.45) is 0 Å². The molecule has 0 aliphatic carbocycles. The van der Waals surface area contributed by atoms with Gasteiger partial charge in [-0.1, -0.05) is 137 Å². The van der Waals surface area contributed by atoms with Crippen LogP contribution in [0.15, 0.2) is 85.1 Å². The van der Waals surface area contributed by atoms with Crippen molar-refractivity contribution in [2.45, 2.75) is 142 Å². The number of ether oxygens (including phenoxy) is 2. The molecule has 0 spiro atoms. The summed E-state index contributed by atoms with van der Waals surface area (Å²) in [5, 5.41) is 18.3. The number of aliphatic hydroxyl groups excluding tert-OH is 2. The second kappa shape index (κ2) is 37.5. The number of carbonyl (C=O) groups is 2. The molecule has 0 saturated heterocycles. The molecular weight excluding hydrogens is 695 g/mol. The van der Waals surface area contributed by atoms with Crippen molar-refractivity contribution in [1.82, 2.24) is 0 Å². The van der Waals surface area contributed by atoms with Gasteiger partial charge in [-0.05, 0) is 64.2 Å². The monoisotopic (exact) mass is 764 g/mol. The molecule has 0 aromatic carbocycles. The average Bonchev–Trinajstić information content (AvgIpc) is 3.14. The summed E-state index contributed by atoms with van der Waals surface area (Å²) in [6.07, 6.45) is 42.8. The van der Waals surface area contributed by atoms with Gasteiger partial charge in [0, 0.05) is 12.8 Å².